The van der Waals surface area contributed by atoms with Gasteiger partial charge in [0.1, 0.15) is 0 Å². The zero-order chi connectivity index (χ0) is 19.2. The van der Waals surface area contributed by atoms with Gasteiger partial charge in [-0.2, -0.15) is 0 Å². The Bertz CT molecular complexity index is 683. The molecule has 2 aliphatic heterocycles. The summed E-state index contributed by atoms with van der Waals surface area (Å²) in [5.41, 5.74) is 1.59. The van der Waals surface area contributed by atoms with Gasteiger partial charge in [-0.25, -0.2) is 4.79 Å². The third kappa shape index (κ3) is 4.97. The largest absolute Gasteiger partial charge is 0.450 e. The second-order valence-corrected chi connectivity index (χ2v) is 6.86. The van der Waals surface area contributed by atoms with Crippen LogP contribution in [0.15, 0.2) is 24.3 Å². The lowest BCUT2D eigenvalue weighted by molar-refractivity contribution is -0.895. The number of rotatable bonds is 5. The van der Waals surface area contributed by atoms with Gasteiger partial charge in [-0.15, -0.1) is 0 Å². The molecule has 0 radical (unpaired) electrons. The van der Waals surface area contributed by atoms with Crippen LogP contribution in [0.2, 0.25) is 0 Å². The van der Waals surface area contributed by atoms with Gasteiger partial charge in [0.15, 0.2) is 6.54 Å². The monoisotopic (exact) mass is 375 g/mol. The summed E-state index contributed by atoms with van der Waals surface area (Å²) in [7, 11) is 0. The molecule has 0 aliphatic carbocycles. The average molecular weight is 375 g/mol. The molecule has 8 heteroatoms. The lowest BCUT2D eigenvalue weighted by Gasteiger charge is -2.31. The number of amides is 3. The zero-order valence-electron chi connectivity index (χ0n) is 15.7. The molecule has 1 aromatic carbocycles. The fraction of sp³-hybridized carbons (Fsp3) is 0.526. The van der Waals surface area contributed by atoms with Gasteiger partial charge < -0.3 is 19.9 Å². The summed E-state index contributed by atoms with van der Waals surface area (Å²) < 4.78 is 5.00. The van der Waals surface area contributed by atoms with E-state index in [4.69, 9.17) is 4.74 Å². The summed E-state index contributed by atoms with van der Waals surface area (Å²) in [5.74, 6) is 0.0944. The summed E-state index contributed by atoms with van der Waals surface area (Å²) in [6, 6.07) is 7.38. The Morgan fingerprint density at radius 2 is 1.85 bits per heavy atom. The van der Waals surface area contributed by atoms with Crippen LogP contribution in [0.1, 0.15) is 19.8 Å². The average Bonchev–Trinajstić information content (AvgIpc) is 3.09. The van der Waals surface area contributed by atoms with Crippen molar-refractivity contribution >= 4 is 29.3 Å². The van der Waals surface area contributed by atoms with Crippen molar-refractivity contribution in [3.63, 3.8) is 0 Å². The predicted octanol–water partition coefficient (Wildman–Crippen LogP) is 0.109. The molecule has 0 bridgehead atoms. The Morgan fingerprint density at radius 3 is 2.44 bits per heavy atom. The topological polar surface area (TPSA) is 83.4 Å². The van der Waals surface area contributed by atoms with Gasteiger partial charge in [-0.1, -0.05) is 0 Å². The summed E-state index contributed by atoms with van der Waals surface area (Å²) >= 11 is 0. The van der Waals surface area contributed by atoms with E-state index in [0.717, 1.165) is 42.3 Å². The third-order valence-corrected chi connectivity index (χ3v) is 4.94. The molecule has 2 fully saturated rings. The van der Waals surface area contributed by atoms with Gasteiger partial charge in [0.05, 0.1) is 32.8 Å². The van der Waals surface area contributed by atoms with Crippen molar-refractivity contribution < 1.29 is 24.0 Å². The van der Waals surface area contributed by atoms with Crippen molar-refractivity contribution in [3.8, 4) is 0 Å². The van der Waals surface area contributed by atoms with Gasteiger partial charge in [0, 0.05) is 24.3 Å². The molecule has 3 amide bonds. The summed E-state index contributed by atoms with van der Waals surface area (Å²) in [6.07, 6.45) is 1.21. The summed E-state index contributed by atoms with van der Waals surface area (Å²) in [6.45, 7) is 5.93. The van der Waals surface area contributed by atoms with E-state index >= 15 is 0 Å². The molecule has 0 spiro atoms. The maximum atomic E-state index is 12.3. The third-order valence-electron chi connectivity index (χ3n) is 4.94. The number of nitrogens with zero attached hydrogens (tertiary/aromatic N) is 2. The molecular formula is C19H27N4O4+. The number of ether oxygens (including phenoxy) is 1. The van der Waals surface area contributed by atoms with E-state index in [9.17, 15) is 14.4 Å². The summed E-state index contributed by atoms with van der Waals surface area (Å²) in [4.78, 5) is 40.4. The van der Waals surface area contributed by atoms with E-state index in [1.807, 2.05) is 24.3 Å². The Hall–Kier alpha value is -2.61. The number of nitrogens with one attached hydrogen (secondary N) is 2. The molecule has 8 nitrogen and oxygen atoms in total. The highest BCUT2D eigenvalue weighted by Crippen LogP contribution is 2.22. The minimum Gasteiger partial charge on any atom is -0.450 e. The van der Waals surface area contributed by atoms with Crippen LogP contribution in [0.25, 0.3) is 0 Å². The van der Waals surface area contributed by atoms with E-state index < -0.39 is 0 Å². The predicted molar refractivity (Wildman–Crippen MR) is 101 cm³/mol. The Balaban J connectivity index is 1.44. The number of hydrogen-bond acceptors (Lipinski definition) is 4. The highest BCUT2D eigenvalue weighted by Gasteiger charge is 2.26. The van der Waals surface area contributed by atoms with Crippen molar-refractivity contribution in [2.75, 3.05) is 56.1 Å². The standard InChI is InChI=1S/C19H26N4O4/c1-2-27-19(26)22-12-10-21(11-13-22)14-17(24)20-15-5-7-16(8-6-15)23-9-3-4-18(23)25/h5-8H,2-4,9-14H2,1H3,(H,20,24)/p+1. The Labute approximate surface area is 159 Å². The van der Waals surface area contributed by atoms with Crippen LogP contribution in [0.5, 0.6) is 0 Å². The minimum atomic E-state index is -0.280. The molecule has 146 valence electrons. The molecule has 2 N–H and O–H groups in total. The maximum Gasteiger partial charge on any atom is 0.410 e. The normalized spacial score (nSPS) is 17.9. The zero-order valence-corrected chi connectivity index (χ0v) is 15.7. The smallest absolute Gasteiger partial charge is 0.410 e. The first-order chi connectivity index (χ1) is 13.1. The molecule has 2 saturated heterocycles. The Kier molecular flexibility index (Phi) is 6.28. The summed E-state index contributed by atoms with van der Waals surface area (Å²) in [5, 5.41) is 2.90. The van der Waals surface area contributed by atoms with Gasteiger partial charge >= 0.3 is 6.09 Å². The molecule has 0 atom stereocenters. The maximum absolute atomic E-state index is 12.3. The number of hydrogen-bond donors (Lipinski definition) is 2. The number of benzene rings is 1. The Morgan fingerprint density at radius 1 is 1.15 bits per heavy atom. The first-order valence-electron chi connectivity index (χ1n) is 9.52. The molecule has 1 aromatic rings. The molecule has 0 saturated carbocycles. The van der Waals surface area contributed by atoms with Crippen LogP contribution in [-0.2, 0) is 14.3 Å². The van der Waals surface area contributed by atoms with Crippen molar-refractivity contribution in [2.45, 2.75) is 19.8 Å². The lowest BCUT2D eigenvalue weighted by atomic mass is 10.2. The number of quaternary nitrogens is 1. The van der Waals surface area contributed by atoms with Gasteiger partial charge in [-0.3, -0.25) is 14.5 Å². The fourth-order valence-electron chi connectivity index (χ4n) is 3.48. The van der Waals surface area contributed by atoms with E-state index in [1.54, 1.807) is 16.7 Å². The molecule has 0 unspecified atom stereocenters. The fourth-order valence-corrected chi connectivity index (χ4v) is 3.48. The minimum absolute atomic E-state index is 0.0559. The molecular weight excluding hydrogens is 348 g/mol. The van der Waals surface area contributed by atoms with Crippen LogP contribution in [-0.4, -0.2) is 68.7 Å². The molecule has 2 aliphatic rings. The van der Waals surface area contributed by atoms with Crippen LogP contribution in [0.3, 0.4) is 0 Å². The first kappa shape index (κ1) is 19.2. The van der Waals surface area contributed by atoms with Crippen LogP contribution < -0.4 is 15.1 Å². The number of anilines is 2. The molecule has 27 heavy (non-hydrogen) atoms. The molecule has 2 heterocycles. The highest BCUT2D eigenvalue weighted by atomic mass is 16.6. The lowest BCUT2D eigenvalue weighted by Crippen LogP contribution is -3.15. The van der Waals surface area contributed by atoms with Crippen LogP contribution >= 0.6 is 0 Å². The second kappa shape index (κ2) is 8.85. The van der Waals surface area contributed by atoms with Crippen molar-refractivity contribution in [3.05, 3.63) is 24.3 Å². The molecule has 0 aromatic heterocycles. The van der Waals surface area contributed by atoms with Crippen molar-refractivity contribution in [1.82, 2.24) is 4.90 Å². The number of carbonyl (C=O) groups is 3. The molecule has 3 rings (SSSR count). The van der Waals surface area contributed by atoms with Crippen molar-refractivity contribution in [1.29, 1.82) is 0 Å². The number of carbonyl (C=O) groups excluding carboxylic acids is 3. The second-order valence-electron chi connectivity index (χ2n) is 6.86. The van der Waals surface area contributed by atoms with E-state index in [2.05, 4.69) is 5.32 Å². The van der Waals surface area contributed by atoms with Crippen LogP contribution in [0.4, 0.5) is 16.2 Å². The quantitative estimate of drug-likeness (QED) is 0.765. The van der Waals surface area contributed by atoms with E-state index in [1.165, 1.54) is 0 Å². The SMILES string of the molecule is CCOC(=O)N1CC[NH+](CC(=O)Nc2ccc(N3CCCC3=O)cc2)CC1. The number of piperazine rings is 1. The van der Waals surface area contributed by atoms with E-state index in [0.29, 0.717) is 32.7 Å². The van der Waals surface area contributed by atoms with Crippen molar-refractivity contribution in [2.24, 2.45) is 0 Å². The van der Waals surface area contributed by atoms with Gasteiger partial charge in [0.25, 0.3) is 5.91 Å². The highest BCUT2D eigenvalue weighted by molar-refractivity contribution is 5.96. The first-order valence-corrected chi connectivity index (χ1v) is 9.52. The van der Waals surface area contributed by atoms with Gasteiger partial charge in [0.2, 0.25) is 5.91 Å². The van der Waals surface area contributed by atoms with E-state index in [-0.39, 0.29) is 17.9 Å². The van der Waals surface area contributed by atoms with Gasteiger partial charge in [-0.05, 0) is 37.6 Å². The van der Waals surface area contributed by atoms with Crippen LogP contribution in [0, 0.1) is 0 Å².